The second kappa shape index (κ2) is 3.29. The number of imidazole rings is 1. The normalized spacial score (nSPS) is 22.9. The zero-order chi connectivity index (χ0) is 12.2. The van der Waals surface area contributed by atoms with Crippen molar-refractivity contribution in [3.8, 4) is 0 Å². The van der Waals surface area contributed by atoms with Gasteiger partial charge in [0.25, 0.3) is 0 Å². The summed E-state index contributed by atoms with van der Waals surface area (Å²) in [5.74, 6) is -0.729. The maximum Gasteiger partial charge on any atom is 0.307 e. The quantitative estimate of drug-likeness (QED) is 0.863. The zero-order valence-electron chi connectivity index (χ0n) is 9.22. The predicted octanol–water partition coefficient (Wildman–Crippen LogP) is 1.90. The number of carboxylic acids is 1. The lowest BCUT2D eigenvalue weighted by Crippen LogP contribution is -2.02. The van der Waals surface area contributed by atoms with Crippen molar-refractivity contribution in [1.82, 2.24) is 9.55 Å². The molecule has 0 radical (unpaired) electrons. The third kappa shape index (κ3) is 1.50. The van der Waals surface area contributed by atoms with Gasteiger partial charge in [0.1, 0.15) is 11.6 Å². The van der Waals surface area contributed by atoms with Crippen LogP contribution in [-0.2, 0) is 11.8 Å². The number of aliphatic carboxylic acids is 1. The Morgan fingerprint density at radius 3 is 3.00 bits per heavy atom. The van der Waals surface area contributed by atoms with Crippen molar-refractivity contribution < 1.29 is 14.3 Å². The number of nitrogens with zero attached hydrogens (tertiary/aromatic N) is 2. The van der Waals surface area contributed by atoms with Crippen LogP contribution in [0.1, 0.15) is 18.2 Å². The standard InChI is InChI=1S/C12H11FN2O2/c1-15-10-4-6(13)2-3-9(10)14-11(15)7-5-8(7)12(16)17/h2-4,7-8H,5H2,1H3,(H,16,17). The maximum atomic E-state index is 13.1. The topological polar surface area (TPSA) is 55.1 Å². The van der Waals surface area contributed by atoms with Crippen molar-refractivity contribution >= 4 is 17.0 Å². The molecular weight excluding hydrogens is 223 g/mol. The van der Waals surface area contributed by atoms with E-state index in [0.29, 0.717) is 17.5 Å². The molecule has 88 valence electrons. The second-order valence-electron chi connectivity index (χ2n) is 4.45. The van der Waals surface area contributed by atoms with Crippen LogP contribution < -0.4 is 0 Å². The van der Waals surface area contributed by atoms with Crippen LogP contribution in [0.2, 0.25) is 0 Å². The second-order valence-corrected chi connectivity index (χ2v) is 4.45. The Morgan fingerprint density at radius 2 is 2.35 bits per heavy atom. The van der Waals surface area contributed by atoms with Crippen LogP contribution in [0.4, 0.5) is 4.39 Å². The van der Waals surface area contributed by atoms with Gasteiger partial charge in [-0.25, -0.2) is 9.37 Å². The van der Waals surface area contributed by atoms with Crippen LogP contribution in [0.3, 0.4) is 0 Å². The average Bonchev–Trinajstić information content (AvgIpc) is 3.01. The van der Waals surface area contributed by atoms with Crippen molar-refractivity contribution in [2.45, 2.75) is 12.3 Å². The molecule has 1 aromatic carbocycles. The first-order chi connectivity index (χ1) is 8.08. The first-order valence-electron chi connectivity index (χ1n) is 5.42. The lowest BCUT2D eigenvalue weighted by molar-refractivity contribution is -0.138. The van der Waals surface area contributed by atoms with Crippen LogP contribution in [0, 0.1) is 11.7 Å². The van der Waals surface area contributed by atoms with E-state index >= 15 is 0 Å². The minimum Gasteiger partial charge on any atom is -0.481 e. The molecule has 1 aliphatic rings. The van der Waals surface area contributed by atoms with Gasteiger partial charge in [-0.05, 0) is 24.6 Å². The largest absolute Gasteiger partial charge is 0.481 e. The van der Waals surface area contributed by atoms with Crippen LogP contribution in [-0.4, -0.2) is 20.6 Å². The molecule has 0 saturated heterocycles. The molecule has 2 aromatic rings. The van der Waals surface area contributed by atoms with Gasteiger partial charge in [0.05, 0.1) is 17.0 Å². The molecule has 2 unspecified atom stereocenters. The number of halogens is 1. The van der Waals surface area contributed by atoms with Crippen molar-refractivity contribution in [2.75, 3.05) is 0 Å². The molecule has 1 saturated carbocycles. The lowest BCUT2D eigenvalue weighted by atomic mass is 10.3. The Hall–Kier alpha value is -1.91. The number of carboxylic acid groups (broad SMARTS) is 1. The summed E-state index contributed by atoms with van der Waals surface area (Å²) in [7, 11) is 1.79. The zero-order valence-corrected chi connectivity index (χ0v) is 9.22. The molecule has 0 spiro atoms. The van der Waals surface area contributed by atoms with Crippen molar-refractivity contribution in [1.29, 1.82) is 0 Å². The van der Waals surface area contributed by atoms with Crippen LogP contribution >= 0.6 is 0 Å². The van der Waals surface area contributed by atoms with E-state index in [0.717, 1.165) is 5.82 Å². The van der Waals surface area contributed by atoms with E-state index < -0.39 is 5.97 Å². The highest BCUT2D eigenvalue weighted by molar-refractivity contribution is 5.78. The fourth-order valence-corrected chi connectivity index (χ4v) is 2.27. The molecule has 1 N–H and O–H groups in total. The maximum absolute atomic E-state index is 13.1. The summed E-state index contributed by atoms with van der Waals surface area (Å²) >= 11 is 0. The summed E-state index contributed by atoms with van der Waals surface area (Å²) in [4.78, 5) is 15.2. The minimum absolute atomic E-state index is 0.0343. The molecule has 3 rings (SSSR count). The smallest absolute Gasteiger partial charge is 0.307 e. The lowest BCUT2D eigenvalue weighted by Gasteiger charge is -2.00. The van der Waals surface area contributed by atoms with Crippen LogP contribution in [0.25, 0.3) is 11.0 Å². The van der Waals surface area contributed by atoms with Gasteiger partial charge in [0.15, 0.2) is 0 Å². The van der Waals surface area contributed by atoms with E-state index in [1.165, 1.54) is 12.1 Å². The SMILES string of the molecule is Cn1c(C2CC2C(=O)O)nc2ccc(F)cc21. The molecule has 1 heterocycles. The Balaban J connectivity index is 2.07. The summed E-state index contributed by atoms with van der Waals surface area (Å²) < 4.78 is 14.9. The number of hydrogen-bond donors (Lipinski definition) is 1. The molecule has 1 fully saturated rings. The van der Waals surface area contributed by atoms with Crippen LogP contribution in [0.15, 0.2) is 18.2 Å². The number of benzene rings is 1. The molecule has 1 aliphatic carbocycles. The predicted molar refractivity (Wildman–Crippen MR) is 59.2 cm³/mol. The van der Waals surface area contributed by atoms with Crippen LogP contribution in [0.5, 0.6) is 0 Å². The van der Waals surface area contributed by atoms with E-state index in [9.17, 15) is 9.18 Å². The third-order valence-corrected chi connectivity index (χ3v) is 3.32. The minimum atomic E-state index is -0.784. The molecular formula is C12H11FN2O2. The fourth-order valence-electron chi connectivity index (χ4n) is 2.27. The van der Waals surface area contributed by atoms with E-state index in [2.05, 4.69) is 4.98 Å². The van der Waals surface area contributed by atoms with Crippen molar-refractivity contribution in [2.24, 2.45) is 13.0 Å². The number of carbonyl (C=O) groups is 1. The summed E-state index contributed by atoms with van der Waals surface area (Å²) in [6, 6.07) is 4.40. The van der Waals surface area contributed by atoms with Crippen molar-refractivity contribution in [3.63, 3.8) is 0 Å². The van der Waals surface area contributed by atoms with Gasteiger partial charge < -0.3 is 9.67 Å². The molecule has 1 aromatic heterocycles. The Kier molecular flexibility index (Phi) is 1.98. The van der Waals surface area contributed by atoms with Gasteiger partial charge in [-0.15, -0.1) is 0 Å². The number of rotatable bonds is 2. The summed E-state index contributed by atoms with van der Waals surface area (Å²) in [6.45, 7) is 0. The van der Waals surface area contributed by atoms with E-state index in [1.54, 1.807) is 17.7 Å². The van der Waals surface area contributed by atoms with Gasteiger partial charge in [0.2, 0.25) is 0 Å². The fraction of sp³-hybridized carbons (Fsp3) is 0.333. The molecule has 0 aliphatic heterocycles. The Labute approximate surface area is 96.7 Å². The molecule has 0 amide bonds. The summed E-state index contributed by atoms with van der Waals surface area (Å²) in [6.07, 6.45) is 0.620. The number of aryl methyl sites for hydroxylation is 1. The average molecular weight is 234 g/mol. The molecule has 17 heavy (non-hydrogen) atoms. The number of hydrogen-bond acceptors (Lipinski definition) is 2. The first kappa shape index (κ1) is 10.3. The number of aromatic nitrogens is 2. The molecule has 5 heteroatoms. The molecule has 0 bridgehead atoms. The summed E-state index contributed by atoms with van der Waals surface area (Å²) in [5.41, 5.74) is 1.41. The Bertz CT molecular complexity index is 620. The third-order valence-electron chi connectivity index (χ3n) is 3.32. The highest BCUT2D eigenvalue weighted by Crippen LogP contribution is 2.47. The van der Waals surface area contributed by atoms with Gasteiger partial charge in [-0.2, -0.15) is 0 Å². The molecule has 2 atom stereocenters. The monoisotopic (exact) mass is 234 g/mol. The van der Waals surface area contributed by atoms with Gasteiger partial charge in [-0.1, -0.05) is 0 Å². The van der Waals surface area contributed by atoms with E-state index in [-0.39, 0.29) is 17.7 Å². The summed E-state index contributed by atoms with van der Waals surface area (Å²) in [5, 5.41) is 8.90. The number of fused-ring (bicyclic) bond motifs is 1. The van der Waals surface area contributed by atoms with Gasteiger partial charge in [0, 0.05) is 13.0 Å². The van der Waals surface area contributed by atoms with Gasteiger partial charge in [-0.3, -0.25) is 4.79 Å². The van der Waals surface area contributed by atoms with E-state index in [4.69, 9.17) is 5.11 Å². The first-order valence-corrected chi connectivity index (χ1v) is 5.42. The highest BCUT2D eigenvalue weighted by atomic mass is 19.1. The highest BCUT2D eigenvalue weighted by Gasteiger charge is 2.46. The van der Waals surface area contributed by atoms with Crippen molar-refractivity contribution in [3.05, 3.63) is 29.8 Å². The molecule has 4 nitrogen and oxygen atoms in total. The van der Waals surface area contributed by atoms with Gasteiger partial charge >= 0.3 is 5.97 Å². The Morgan fingerprint density at radius 1 is 1.59 bits per heavy atom. The van der Waals surface area contributed by atoms with E-state index in [1.807, 2.05) is 0 Å².